The summed E-state index contributed by atoms with van der Waals surface area (Å²) in [5.74, 6) is 0.357. The lowest BCUT2D eigenvalue weighted by molar-refractivity contribution is 0.101. The van der Waals surface area contributed by atoms with Gasteiger partial charge in [0, 0.05) is 23.0 Å². The first kappa shape index (κ1) is 14.5. The molecule has 0 aliphatic carbocycles. The molecule has 0 aliphatic rings. The predicted octanol–water partition coefficient (Wildman–Crippen LogP) is 4.09. The molecule has 3 aromatic rings. The normalized spacial score (nSPS) is 10.7. The molecule has 0 atom stereocenters. The molecule has 0 saturated heterocycles. The van der Waals surface area contributed by atoms with Crippen LogP contribution in [0.15, 0.2) is 48.5 Å². The van der Waals surface area contributed by atoms with Gasteiger partial charge in [-0.2, -0.15) is 0 Å². The fourth-order valence-electron chi connectivity index (χ4n) is 2.47. The summed E-state index contributed by atoms with van der Waals surface area (Å²) in [6.07, 6.45) is 0. The molecule has 0 unspecified atom stereocenters. The van der Waals surface area contributed by atoms with E-state index in [0.29, 0.717) is 22.2 Å². The van der Waals surface area contributed by atoms with E-state index in [-0.39, 0.29) is 5.91 Å². The summed E-state index contributed by atoms with van der Waals surface area (Å²) in [6, 6.07) is 14.8. The Labute approximate surface area is 133 Å². The van der Waals surface area contributed by atoms with Gasteiger partial charge in [-0.3, -0.25) is 4.79 Å². The molecule has 3 rings (SSSR count). The maximum Gasteiger partial charge on any atom is 0.272 e. The second-order valence-corrected chi connectivity index (χ2v) is 5.38. The number of aryl methyl sites for hydroxylation is 1. The highest BCUT2D eigenvalue weighted by atomic mass is 35.5. The van der Waals surface area contributed by atoms with E-state index in [4.69, 9.17) is 16.3 Å². The fraction of sp³-hybridized carbons (Fsp3) is 0.118. The molecule has 1 amide bonds. The molecule has 0 fully saturated rings. The Morgan fingerprint density at radius 2 is 1.95 bits per heavy atom. The second kappa shape index (κ2) is 5.73. The van der Waals surface area contributed by atoms with Gasteiger partial charge in [0.05, 0.1) is 12.8 Å². The molecule has 0 aliphatic heterocycles. The number of nitrogens with one attached hydrogen (secondary N) is 1. The highest BCUT2D eigenvalue weighted by Gasteiger charge is 2.15. The lowest BCUT2D eigenvalue weighted by Gasteiger charge is -2.11. The number of carbonyl (C=O) groups is 1. The van der Waals surface area contributed by atoms with Gasteiger partial charge in [-0.1, -0.05) is 29.8 Å². The number of ether oxygens (including phenoxy) is 1. The van der Waals surface area contributed by atoms with Gasteiger partial charge in [0.2, 0.25) is 0 Å². The summed E-state index contributed by atoms with van der Waals surface area (Å²) in [6.45, 7) is 0. The van der Waals surface area contributed by atoms with Crippen LogP contribution in [0.2, 0.25) is 5.02 Å². The van der Waals surface area contributed by atoms with E-state index in [1.165, 1.54) is 0 Å². The van der Waals surface area contributed by atoms with Gasteiger partial charge in [-0.25, -0.2) is 0 Å². The van der Waals surface area contributed by atoms with Crippen molar-refractivity contribution in [2.45, 2.75) is 0 Å². The molecular formula is C17H15ClN2O2. The van der Waals surface area contributed by atoms with Crippen molar-refractivity contribution in [1.29, 1.82) is 0 Å². The number of anilines is 1. The van der Waals surface area contributed by atoms with Crippen molar-refractivity contribution in [1.82, 2.24) is 4.57 Å². The first-order valence-corrected chi connectivity index (χ1v) is 7.17. The Morgan fingerprint density at radius 1 is 1.18 bits per heavy atom. The summed E-state index contributed by atoms with van der Waals surface area (Å²) < 4.78 is 7.11. The maximum atomic E-state index is 12.6. The standard InChI is InChI=1S/C17H15ClN2O2/c1-20-14-6-4-3-5-11(14)9-15(20)17(21)19-13-10-12(18)7-8-16(13)22-2/h3-10H,1-2H3,(H,19,21). The maximum absolute atomic E-state index is 12.6. The van der Waals surface area contributed by atoms with Crippen LogP contribution in [0.4, 0.5) is 5.69 Å². The predicted molar refractivity (Wildman–Crippen MR) is 88.9 cm³/mol. The largest absolute Gasteiger partial charge is 0.495 e. The van der Waals surface area contributed by atoms with Crippen LogP contribution in [0, 0.1) is 0 Å². The van der Waals surface area contributed by atoms with Gasteiger partial charge in [0.15, 0.2) is 0 Å². The number of hydrogen-bond donors (Lipinski definition) is 1. The van der Waals surface area contributed by atoms with E-state index in [0.717, 1.165) is 10.9 Å². The Kier molecular flexibility index (Phi) is 3.77. The Hall–Kier alpha value is -2.46. The van der Waals surface area contributed by atoms with Crippen molar-refractivity contribution in [3.8, 4) is 5.75 Å². The van der Waals surface area contributed by atoms with Crippen LogP contribution in [0.5, 0.6) is 5.75 Å². The van der Waals surface area contributed by atoms with Crippen LogP contribution in [-0.2, 0) is 7.05 Å². The summed E-state index contributed by atoms with van der Waals surface area (Å²) >= 11 is 5.99. The van der Waals surface area contributed by atoms with Crippen molar-refractivity contribution < 1.29 is 9.53 Å². The van der Waals surface area contributed by atoms with Crippen LogP contribution in [-0.4, -0.2) is 17.6 Å². The molecule has 112 valence electrons. The van der Waals surface area contributed by atoms with Crippen LogP contribution in [0.3, 0.4) is 0 Å². The highest BCUT2D eigenvalue weighted by molar-refractivity contribution is 6.31. The SMILES string of the molecule is COc1ccc(Cl)cc1NC(=O)c1cc2ccccc2n1C. The van der Waals surface area contributed by atoms with Crippen molar-refractivity contribution in [3.63, 3.8) is 0 Å². The van der Waals surface area contributed by atoms with Crippen molar-refractivity contribution in [2.24, 2.45) is 7.05 Å². The first-order valence-electron chi connectivity index (χ1n) is 6.79. The topological polar surface area (TPSA) is 43.3 Å². The molecule has 4 nitrogen and oxygen atoms in total. The minimum absolute atomic E-state index is 0.209. The van der Waals surface area contributed by atoms with Gasteiger partial charge >= 0.3 is 0 Å². The highest BCUT2D eigenvalue weighted by Crippen LogP contribution is 2.28. The lowest BCUT2D eigenvalue weighted by atomic mass is 10.2. The van der Waals surface area contributed by atoms with Gasteiger partial charge in [-0.15, -0.1) is 0 Å². The number of methoxy groups -OCH3 is 1. The number of halogens is 1. The Bertz CT molecular complexity index is 855. The van der Waals surface area contributed by atoms with E-state index in [1.807, 2.05) is 41.9 Å². The average molecular weight is 315 g/mol. The number of carbonyl (C=O) groups excluding carboxylic acids is 1. The number of aromatic nitrogens is 1. The zero-order chi connectivity index (χ0) is 15.7. The molecule has 0 bridgehead atoms. The van der Waals surface area contributed by atoms with Crippen LogP contribution in [0.1, 0.15) is 10.5 Å². The van der Waals surface area contributed by atoms with Gasteiger partial charge in [-0.05, 0) is 30.3 Å². The van der Waals surface area contributed by atoms with Crippen LogP contribution < -0.4 is 10.1 Å². The molecule has 22 heavy (non-hydrogen) atoms. The number of amides is 1. The summed E-state index contributed by atoms with van der Waals surface area (Å²) in [5, 5.41) is 4.41. The number of para-hydroxylation sites is 1. The summed E-state index contributed by atoms with van der Waals surface area (Å²) in [7, 11) is 3.42. The number of fused-ring (bicyclic) bond motifs is 1. The van der Waals surface area contributed by atoms with Crippen molar-refractivity contribution in [2.75, 3.05) is 12.4 Å². The number of benzene rings is 2. The zero-order valence-electron chi connectivity index (χ0n) is 12.3. The Balaban J connectivity index is 1.97. The monoisotopic (exact) mass is 314 g/mol. The summed E-state index contributed by atoms with van der Waals surface area (Å²) in [5.41, 5.74) is 2.12. The molecule has 1 N–H and O–H groups in total. The number of rotatable bonds is 3. The van der Waals surface area contributed by atoms with Crippen molar-refractivity contribution >= 4 is 34.1 Å². The first-order chi connectivity index (χ1) is 10.6. The quantitative estimate of drug-likeness (QED) is 0.791. The molecule has 5 heteroatoms. The average Bonchev–Trinajstić information content (AvgIpc) is 2.85. The summed E-state index contributed by atoms with van der Waals surface area (Å²) in [4.78, 5) is 12.6. The molecule has 1 aromatic heterocycles. The molecule has 0 spiro atoms. The van der Waals surface area contributed by atoms with Gasteiger partial charge < -0.3 is 14.6 Å². The van der Waals surface area contributed by atoms with Crippen LogP contribution >= 0.6 is 11.6 Å². The minimum atomic E-state index is -0.209. The van der Waals surface area contributed by atoms with E-state index < -0.39 is 0 Å². The molecule has 2 aromatic carbocycles. The van der Waals surface area contributed by atoms with E-state index in [2.05, 4.69) is 5.32 Å². The fourth-order valence-corrected chi connectivity index (χ4v) is 2.64. The van der Waals surface area contributed by atoms with Gasteiger partial charge in [0.1, 0.15) is 11.4 Å². The third kappa shape index (κ3) is 2.53. The van der Waals surface area contributed by atoms with Crippen LogP contribution in [0.25, 0.3) is 10.9 Å². The molecule has 0 radical (unpaired) electrons. The second-order valence-electron chi connectivity index (χ2n) is 4.95. The lowest BCUT2D eigenvalue weighted by Crippen LogP contribution is -2.16. The molecular weight excluding hydrogens is 300 g/mol. The smallest absolute Gasteiger partial charge is 0.272 e. The van der Waals surface area contributed by atoms with Crippen molar-refractivity contribution in [3.05, 3.63) is 59.2 Å². The number of nitrogens with zero attached hydrogens (tertiary/aromatic N) is 1. The minimum Gasteiger partial charge on any atom is -0.495 e. The van der Waals surface area contributed by atoms with Gasteiger partial charge in [0.25, 0.3) is 5.91 Å². The van der Waals surface area contributed by atoms with E-state index in [1.54, 1.807) is 25.3 Å². The third-order valence-corrected chi connectivity index (χ3v) is 3.83. The third-order valence-electron chi connectivity index (χ3n) is 3.59. The molecule has 0 saturated carbocycles. The number of hydrogen-bond acceptors (Lipinski definition) is 2. The Morgan fingerprint density at radius 3 is 2.68 bits per heavy atom. The molecule has 1 heterocycles. The zero-order valence-corrected chi connectivity index (χ0v) is 13.0. The van der Waals surface area contributed by atoms with E-state index >= 15 is 0 Å². The van der Waals surface area contributed by atoms with E-state index in [9.17, 15) is 4.79 Å².